The second-order valence-corrected chi connectivity index (χ2v) is 6.04. The van der Waals surface area contributed by atoms with Gasteiger partial charge in [0, 0.05) is 0 Å². The van der Waals surface area contributed by atoms with Crippen LogP contribution in [0.2, 0.25) is 0 Å². The predicted molar refractivity (Wildman–Crippen MR) is 87.1 cm³/mol. The molecular formula is C18H30N2. The first-order valence-corrected chi connectivity index (χ1v) is 8.35. The number of hydrogen-bond donors (Lipinski definition) is 1. The van der Waals surface area contributed by atoms with Crippen LogP contribution in [0.15, 0.2) is 30.3 Å². The van der Waals surface area contributed by atoms with Crippen molar-refractivity contribution in [2.45, 2.75) is 39.0 Å². The van der Waals surface area contributed by atoms with E-state index in [1.807, 2.05) is 0 Å². The van der Waals surface area contributed by atoms with Crippen LogP contribution >= 0.6 is 0 Å². The molecule has 1 saturated heterocycles. The zero-order valence-corrected chi connectivity index (χ0v) is 13.0. The Kier molecular flexibility index (Phi) is 7.10. The number of rotatable bonds is 8. The summed E-state index contributed by atoms with van der Waals surface area (Å²) >= 11 is 0. The molecule has 2 nitrogen and oxygen atoms in total. The average Bonchev–Trinajstić information content (AvgIpc) is 2.52. The molecule has 1 N–H and O–H groups in total. The van der Waals surface area contributed by atoms with Gasteiger partial charge >= 0.3 is 0 Å². The molecule has 1 aromatic carbocycles. The Morgan fingerprint density at radius 2 is 1.85 bits per heavy atom. The van der Waals surface area contributed by atoms with Gasteiger partial charge in [0.1, 0.15) is 0 Å². The van der Waals surface area contributed by atoms with Crippen LogP contribution in [0.1, 0.15) is 38.2 Å². The summed E-state index contributed by atoms with van der Waals surface area (Å²) in [5.74, 6) is 0.913. The summed E-state index contributed by atoms with van der Waals surface area (Å²) in [7, 11) is 0. The Hall–Kier alpha value is -0.860. The van der Waals surface area contributed by atoms with Crippen LogP contribution < -0.4 is 5.32 Å². The molecule has 1 heterocycles. The minimum Gasteiger partial charge on any atom is -0.317 e. The average molecular weight is 274 g/mol. The van der Waals surface area contributed by atoms with Crippen LogP contribution in [0.4, 0.5) is 0 Å². The third-order valence-electron chi connectivity index (χ3n) is 4.42. The van der Waals surface area contributed by atoms with Crippen molar-refractivity contribution in [3.05, 3.63) is 35.9 Å². The Morgan fingerprint density at radius 3 is 2.55 bits per heavy atom. The molecule has 0 bridgehead atoms. The summed E-state index contributed by atoms with van der Waals surface area (Å²) in [6, 6.07) is 10.9. The van der Waals surface area contributed by atoms with Crippen LogP contribution in [-0.2, 0) is 6.42 Å². The van der Waals surface area contributed by atoms with Gasteiger partial charge in [0.2, 0.25) is 0 Å². The summed E-state index contributed by atoms with van der Waals surface area (Å²) in [4.78, 5) is 2.66. The fourth-order valence-corrected chi connectivity index (χ4v) is 3.07. The molecule has 0 unspecified atom stereocenters. The van der Waals surface area contributed by atoms with Crippen LogP contribution in [-0.4, -0.2) is 37.6 Å². The monoisotopic (exact) mass is 274 g/mol. The molecule has 0 aromatic heterocycles. The first-order chi connectivity index (χ1) is 9.88. The Morgan fingerprint density at radius 1 is 1.10 bits per heavy atom. The number of hydrogen-bond acceptors (Lipinski definition) is 2. The summed E-state index contributed by atoms with van der Waals surface area (Å²) in [5, 5.41) is 3.48. The SMILES string of the molecule is CCNCC1CCN(CCCCc2ccccc2)CC1. The van der Waals surface area contributed by atoms with Crippen molar-refractivity contribution < 1.29 is 0 Å². The highest BCUT2D eigenvalue weighted by Crippen LogP contribution is 2.17. The maximum Gasteiger partial charge on any atom is -0.00156 e. The lowest BCUT2D eigenvalue weighted by atomic mass is 9.96. The van der Waals surface area contributed by atoms with E-state index in [-0.39, 0.29) is 0 Å². The summed E-state index contributed by atoms with van der Waals surface area (Å²) in [6.45, 7) is 8.43. The number of aryl methyl sites for hydroxylation is 1. The highest BCUT2D eigenvalue weighted by Gasteiger charge is 2.17. The van der Waals surface area contributed by atoms with Gasteiger partial charge in [-0.25, -0.2) is 0 Å². The van der Waals surface area contributed by atoms with Crippen molar-refractivity contribution in [1.29, 1.82) is 0 Å². The molecule has 2 heteroatoms. The van der Waals surface area contributed by atoms with Gasteiger partial charge in [0.25, 0.3) is 0 Å². The van der Waals surface area contributed by atoms with Gasteiger partial charge in [0.05, 0.1) is 0 Å². The Bertz CT molecular complexity index is 342. The van der Waals surface area contributed by atoms with Gasteiger partial charge in [-0.3, -0.25) is 0 Å². The second-order valence-electron chi connectivity index (χ2n) is 6.04. The molecule has 1 aliphatic heterocycles. The van der Waals surface area contributed by atoms with E-state index in [0.29, 0.717) is 0 Å². The van der Waals surface area contributed by atoms with E-state index in [0.717, 1.165) is 12.5 Å². The molecule has 0 aliphatic carbocycles. The minimum atomic E-state index is 0.913. The lowest BCUT2D eigenvalue weighted by molar-refractivity contribution is 0.180. The zero-order chi connectivity index (χ0) is 14.0. The molecule has 1 aliphatic rings. The van der Waals surface area contributed by atoms with Gasteiger partial charge < -0.3 is 10.2 Å². The lowest BCUT2D eigenvalue weighted by Gasteiger charge is -2.32. The summed E-state index contributed by atoms with van der Waals surface area (Å²) in [6.07, 6.45) is 6.66. The molecule has 1 aromatic rings. The van der Waals surface area contributed by atoms with E-state index >= 15 is 0 Å². The van der Waals surface area contributed by atoms with Gasteiger partial charge in [-0.2, -0.15) is 0 Å². The molecular weight excluding hydrogens is 244 g/mol. The van der Waals surface area contributed by atoms with Gasteiger partial charge in [-0.1, -0.05) is 37.3 Å². The number of piperidine rings is 1. The number of benzene rings is 1. The number of likely N-dealkylation sites (tertiary alicyclic amines) is 1. The lowest BCUT2D eigenvalue weighted by Crippen LogP contribution is -2.37. The molecule has 1 fully saturated rings. The van der Waals surface area contributed by atoms with E-state index in [2.05, 4.69) is 47.5 Å². The number of nitrogens with zero attached hydrogens (tertiary/aromatic N) is 1. The van der Waals surface area contributed by atoms with Gasteiger partial charge in [-0.15, -0.1) is 0 Å². The quantitative estimate of drug-likeness (QED) is 0.732. The van der Waals surface area contributed by atoms with Crippen molar-refractivity contribution in [3.63, 3.8) is 0 Å². The maximum atomic E-state index is 3.48. The molecule has 112 valence electrons. The van der Waals surface area contributed by atoms with Crippen molar-refractivity contribution in [1.82, 2.24) is 10.2 Å². The van der Waals surface area contributed by atoms with E-state index < -0.39 is 0 Å². The topological polar surface area (TPSA) is 15.3 Å². The van der Waals surface area contributed by atoms with E-state index in [9.17, 15) is 0 Å². The van der Waals surface area contributed by atoms with Gasteiger partial charge in [0.15, 0.2) is 0 Å². The summed E-state index contributed by atoms with van der Waals surface area (Å²) in [5.41, 5.74) is 1.48. The Balaban J connectivity index is 1.53. The van der Waals surface area contributed by atoms with E-state index in [4.69, 9.17) is 0 Å². The minimum absolute atomic E-state index is 0.913. The number of unbranched alkanes of at least 4 members (excludes halogenated alkanes) is 1. The fraction of sp³-hybridized carbons (Fsp3) is 0.667. The zero-order valence-electron chi connectivity index (χ0n) is 13.0. The first kappa shape index (κ1) is 15.5. The van der Waals surface area contributed by atoms with Crippen molar-refractivity contribution in [2.75, 3.05) is 32.7 Å². The summed E-state index contributed by atoms with van der Waals surface area (Å²) < 4.78 is 0. The van der Waals surface area contributed by atoms with Crippen molar-refractivity contribution in [2.24, 2.45) is 5.92 Å². The van der Waals surface area contributed by atoms with Crippen molar-refractivity contribution in [3.8, 4) is 0 Å². The normalized spacial score (nSPS) is 17.4. The Labute approximate surface area is 124 Å². The molecule has 20 heavy (non-hydrogen) atoms. The highest BCUT2D eigenvalue weighted by atomic mass is 15.1. The first-order valence-electron chi connectivity index (χ1n) is 8.35. The van der Waals surface area contributed by atoms with Crippen LogP contribution in [0.5, 0.6) is 0 Å². The third kappa shape index (κ3) is 5.64. The maximum absolute atomic E-state index is 3.48. The van der Waals surface area contributed by atoms with Crippen LogP contribution in [0.3, 0.4) is 0 Å². The van der Waals surface area contributed by atoms with Crippen LogP contribution in [0.25, 0.3) is 0 Å². The fourth-order valence-electron chi connectivity index (χ4n) is 3.07. The van der Waals surface area contributed by atoms with Crippen molar-refractivity contribution >= 4 is 0 Å². The van der Waals surface area contributed by atoms with E-state index in [1.165, 1.54) is 63.8 Å². The largest absolute Gasteiger partial charge is 0.317 e. The van der Waals surface area contributed by atoms with Gasteiger partial charge in [-0.05, 0) is 76.3 Å². The standard InChI is InChI=1S/C18H30N2/c1-2-19-16-18-11-14-20(15-12-18)13-7-6-10-17-8-4-3-5-9-17/h3-5,8-9,18-19H,2,6-7,10-16H2,1H3. The third-order valence-corrected chi connectivity index (χ3v) is 4.42. The molecule has 2 rings (SSSR count). The van der Waals surface area contributed by atoms with Crippen LogP contribution in [0, 0.1) is 5.92 Å². The predicted octanol–water partition coefficient (Wildman–Crippen LogP) is 3.33. The molecule has 0 spiro atoms. The number of nitrogens with one attached hydrogen (secondary N) is 1. The molecule has 0 saturated carbocycles. The van der Waals surface area contributed by atoms with E-state index in [1.54, 1.807) is 0 Å². The second kappa shape index (κ2) is 9.15. The smallest absolute Gasteiger partial charge is 0.00156 e. The highest BCUT2D eigenvalue weighted by molar-refractivity contribution is 5.14. The molecule has 0 atom stereocenters. The molecule has 0 radical (unpaired) electrons. The molecule has 0 amide bonds.